The minimum atomic E-state index is -0.151. The SMILES string of the molecule is CCCCCCCCN1C(=O)C(c2ccc(C)cc2)=C(N2CCc3ccccc32)C1=O. The molecule has 0 unspecified atom stereocenters. The number of anilines is 1. The standard InChI is InChI=1S/C27H32N2O2/c1-3-4-5-6-7-10-18-29-26(30)24(22-15-13-20(2)14-16-22)25(27(29)31)28-19-17-21-11-8-9-12-23(21)28/h8-9,11-16H,3-7,10,17-19H2,1-2H3. The zero-order chi connectivity index (χ0) is 21.8. The maximum Gasteiger partial charge on any atom is 0.278 e. The van der Waals surface area contributed by atoms with Crippen molar-refractivity contribution in [2.24, 2.45) is 0 Å². The molecule has 0 N–H and O–H groups in total. The largest absolute Gasteiger partial charge is 0.336 e. The predicted octanol–water partition coefficient (Wildman–Crippen LogP) is 5.50. The van der Waals surface area contributed by atoms with E-state index in [0.29, 0.717) is 17.8 Å². The summed E-state index contributed by atoms with van der Waals surface area (Å²) in [5.74, 6) is -0.298. The summed E-state index contributed by atoms with van der Waals surface area (Å²) in [5, 5.41) is 0. The summed E-state index contributed by atoms with van der Waals surface area (Å²) in [4.78, 5) is 30.5. The highest BCUT2D eigenvalue weighted by molar-refractivity contribution is 6.36. The van der Waals surface area contributed by atoms with Crippen molar-refractivity contribution in [1.82, 2.24) is 4.90 Å². The average Bonchev–Trinajstić information content (AvgIpc) is 3.30. The van der Waals surface area contributed by atoms with Crippen LogP contribution in [0.4, 0.5) is 5.69 Å². The van der Waals surface area contributed by atoms with Gasteiger partial charge in [0.25, 0.3) is 11.8 Å². The van der Waals surface area contributed by atoms with Crippen LogP contribution in [-0.2, 0) is 16.0 Å². The molecule has 0 fully saturated rings. The lowest BCUT2D eigenvalue weighted by atomic mass is 10.0. The number of rotatable bonds is 9. The number of fused-ring (bicyclic) bond motifs is 1. The van der Waals surface area contributed by atoms with Crippen LogP contribution in [-0.4, -0.2) is 29.8 Å². The molecule has 0 saturated carbocycles. The molecular formula is C27H32N2O2. The molecule has 0 bridgehead atoms. The van der Waals surface area contributed by atoms with Crippen LogP contribution >= 0.6 is 0 Å². The van der Waals surface area contributed by atoms with Crippen molar-refractivity contribution in [1.29, 1.82) is 0 Å². The van der Waals surface area contributed by atoms with Crippen molar-refractivity contribution in [2.75, 3.05) is 18.0 Å². The molecule has 2 amide bonds. The first-order valence-corrected chi connectivity index (χ1v) is 11.6. The fourth-order valence-electron chi connectivity index (χ4n) is 4.62. The second kappa shape index (κ2) is 9.51. The number of hydrogen-bond acceptors (Lipinski definition) is 3. The van der Waals surface area contributed by atoms with E-state index < -0.39 is 0 Å². The number of amides is 2. The van der Waals surface area contributed by atoms with Gasteiger partial charge < -0.3 is 4.90 Å². The zero-order valence-electron chi connectivity index (χ0n) is 18.7. The van der Waals surface area contributed by atoms with Gasteiger partial charge in [-0.2, -0.15) is 0 Å². The molecule has 31 heavy (non-hydrogen) atoms. The number of nitrogens with zero attached hydrogens (tertiary/aromatic N) is 2. The fourth-order valence-corrected chi connectivity index (χ4v) is 4.62. The molecule has 0 atom stereocenters. The second-order valence-corrected chi connectivity index (χ2v) is 8.65. The number of carbonyl (C=O) groups excluding carboxylic acids is 2. The first-order chi connectivity index (χ1) is 15.1. The molecule has 0 spiro atoms. The Morgan fingerprint density at radius 2 is 1.55 bits per heavy atom. The number of aryl methyl sites for hydroxylation is 1. The minimum Gasteiger partial charge on any atom is -0.336 e. The summed E-state index contributed by atoms with van der Waals surface area (Å²) >= 11 is 0. The van der Waals surface area contributed by atoms with Crippen molar-refractivity contribution in [2.45, 2.75) is 58.8 Å². The van der Waals surface area contributed by atoms with Gasteiger partial charge in [-0.1, -0.05) is 87.1 Å². The van der Waals surface area contributed by atoms with Gasteiger partial charge in [0.15, 0.2) is 0 Å². The van der Waals surface area contributed by atoms with Gasteiger partial charge in [-0.25, -0.2) is 0 Å². The molecule has 2 aromatic rings. The average molecular weight is 417 g/mol. The van der Waals surface area contributed by atoms with Gasteiger partial charge in [-0.3, -0.25) is 14.5 Å². The summed E-state index contributed by atoms with van der Waals surface area (Å²) in [6.45, 7) is 5.46. The number of imide groups is 1. The third-order valence-corrected chi connectivity index (χ3v) is 6.38. The normalized spacial score (nSPS) is 15.9. The molecule has 4 rings (SSSR count). The minimum absolute atomic E-state index is 0.147. The number of carbonyl (C=O) groups is 2. The Morgan fingerprint density at radius 1 is 0.839 bits per heavy atom. The summed E-state index contributed by atoms with van der Waals surface area (Å²) < 4.78 is 0. The lowest BCUT2D eigenvalue weighted by Crippen LogP contribution is -2.35. The van der Waals surface area contributed by atoms with Gasteiger partial charge in [-0.05, 0) is 37.0 Å². The van der Waals surface area contributed by atoms with Crippen molar-refractivity contribution in [3.63, 3.8) is 0 Å². The van der Waals surface area contributed by atoms with Gasteiger partial charge >= 0.3 is 0 Å². The van der Waals surface area contributed by atoms with E-state index in [1.165, 1.54) is 29.7 Å². The van der Waals surface area contributed by atoms with Gasteiger partial charge in [0.1, 0.15) is 5.70 Å². The summed E-state index contributed by atoms with van der Waals surface area (Å²) in [7, 11) is 0. The van der Waals surface area contributed by atoms with Crippen molar-refractivity contribution in [3.8, 4) is 0 Å². The molecular weight excluding hydrogens is 384 g/mol. The van der Waals surface area contributed by atoms with Crippen molar-refractivity contribution in [3.05, 3.63) is 70.9 Å². The maximum atomic E-state index is 13.5. The quantitative estimate of drug-likeness (QED) is 0.400. The molecule has 4 heteroatoms. The van der Waals surface area contributed by atoms with Gasteiger partial charge in [0, 0.05) is 18.8 Å². The zero-order valence-corrected chi connectivity index (χ0v) is 18.7. The third kappa shape index (κ3) is 4.30. The predicted molar refractivity (Wildman–Crippen MR) is 126 cm³/mol. The van der Waals surface area contributed by atoms with Crippen LogP contribution in [0.3, 0.4) is 0 Å². The molecule has 4 nitrogen and oxygen atoms in total. The Balaban J connectivity index is 1.62. The molecule has 2 heterocycles. The number of hydrogen-bond donors (Lipinski definition) is 0. The first kappa shape index (κ1) is 21.4. The van der Waals surface area contributed by atoms with Crippen LogP contribution in [0.25, 0.3) is 5.57 Å². The highest BCUT2D eigenvalue weighted by Crippen LogP contribution is 2.38. The van der Waals surface area contributed by atoms with Crippen LogP contribution in [0.15, 0.2) is 54.2 Å². The molecule has 2 aromatic carbocycles. The maximum absolute atomic E-state index is 13.5. The first-order valence-electron chi connectivity index (χ1n) is 11.6. The summed E-state index contributed by atoms with van der Waals surface area (Å²) in [6.07, 6.45) is 7.66. The van der Waals surface area contributed by atoms with E-state index in [1.807, 2.05) is 43.3 Å². The smallest absolute Gasteiger partial charge is 0.278 e. The summed E-state index contributed by atoms with van der Waals surface area (Å²) in [6, 6.07) is 16.1. The molecule has 2 aliphatic rings. The highest BCUT2D eigenvalue weighted by Gasteiger charge is 2.42. The number of para-hydroxylation sites is 1. The third-order valence-electron chi connectivity index (χ3n) is 6.38. The molecule has 0 saturated heterocycles. The van der Waals surface area contributed by atoms with E-state index in [0.717, 1.165) is 49.0 Å². The Labute approximate surface area is 185 Å². The Morgan fingerprint density at radius 3 is 2.32 bits per heavy atom. The molecule has 0 aliphatic carbocycles. The molecule has 0 aromatic heterocycles. The Kier molecular flexibility index (Phi) is 6.55. The van der Waals surface area contributed by atoms with Crippen LogP contribution < -0.4 is 4.90 Å². The lowest BCUT2D eigenvalue weighted by molar-refractivity contribution is -0.136. The van der Waals surface area contributed by atoms with Gasteiger partial charge in [-0.15, -0.1) is 0 Å². The number of benzene rings is 2. The van der Waals surface area contributed by atoms with Crippen LogP contribution in [0.1, 0.15) is 62.1 Å². The fraction of sp³-hybridized carbons (Fsp3) is 0.407. The molecule has 162 valence electrons. The van der Waals surface area contributed by atoms with Crippen LogP contribution in [0.2, 0.25) is 0 Å². The lowest BCUT2D eigenvalue weighted by Gasteiger charge is -2.21. The van der Waals surface area contributed by atoms with E-state index in [-0.39, 0.29) is 11.8 Å². The number of unbranched alkanes of at least 4 members (excludes halogenated alkanes) is 5. The van der Waals surface area contributed by atoms with E-state index in [9.17, 15) is 9.59 Å². The summed E-state index contributed by atoms with van der Waals surface area (Å²) in [5.41, 5.74) is 5.34. The van der Waals surface area contributed by atoms with Crippen LogP contribution in [0.5, 0.6) is 0 Å². The van der Waals surface area contributed by atoms with E-state index >= 15 is 0 Å². The topological polar surface area (TPSA) is 40.6 Å². The van der Waals surface area contributed by atoms with Crippen molar-refractivity contribution >= 4 is 23.1 Å². The second-order valence-electron chi connectivity index (χ2n) is 8.65. The van der Waals surface area contributed by atoms with Gasteiger partial charge in [0.2, 0.25) is 0 Å². The van der Waals surface area contributed by atoms with E-state index in [4.69, 9.17) is 0 Å². The Bertz CT molecular complexity index is 991. The van der Waals surface area contributed by atoms with Crippen molar-refractivity contribution < 1.29 is 9.59 Å². The molecule has 2 aliphatic heterocycles. The Hall–Kier alpha value is -2.88. The van der Waals surface area contributed by atoms with E-state index in [1.54, 1.807) is 0 Å². The van der Waals surface area contributed by atoms with Gasteiger partial charge in [0.05, 0.1) is 5.57 Å². The molecule has 0 radical (unpaired) electrons. The van der Waals surface area contributed by atoms with Crippen LogP contribution in [0, 0.1) is 6.92 Å². The van der Waals surface area contributed by atoms with E-state index in [2.05, 4.69) is 24.0 Å². The highest BCUT2D eigenvalue weighted by atomic mass is 16.2. The monoisotopic (exact) mass is 416 g/mol.